The van der Waals surface area contributed by atoms with Gasteiger partial charge in [-0.2, -0.15) is 18.3 Å². The fourth-order valence-corrected chi connectivity index (χ4v) is 5.79. The van der Waals surface area contributed by atoms with Crippen molar-refractivity contribution in [1.29, 1.82) is 0 Å². The highest BCUT2D eigenvalue weighted by molar-refractivity contribution is 7.89. The van der Waals surface area contributed by atoms with Crippen molar-refractivity contribution in [3.05, 3.63) is 17.5 Å². The molecular weight excluding hydrogens is 347 g/mol. The number of aromatic nitrogens is 2. The van der Waals surface area contributed by atoms with Crippen molar-refractivity contribution in [2.75, 3.05) is 12.3 Å². The van der Waals surface area contributed by atoms with Gasteiger partial charge >= 0.3 is 6.18 Å². The summed E-state index contributed by atoms with van der Waals surface area (Å²) in [5.74, 6) is -0.855. The van der Waals surface area contributed by atoms with Gasteiger partial charge in [0.15, 0.2) is 0 Å². The first-order valence-electron chi connectivity index (χ1n) is 7.67. The zero-order valence-corrected chi connectivity index (χ0v) is 14.0. The normalized spacial score (nSPS) is 22.4. The Balaban J connectivity index is 1.87. The second-order valence-electron chi connectivity index (χ2n) is 6.69. The van der Waals surface area contributed by atoms with Gasteiger partial charge in [0.2, 0.25) is 10.0 Å². The number of halogens is 3. The van der Waals surface area contributed by atoms with Crippen LogP contribution in [0.2, 0.25) is 0 Å². The summed E-state index contributed by atoms with van der Waals surface area (Å²) in [5.41, 5.74) is -0.484. The standard InChI is InChI=1S/C14H18F3N3O3S/c1-10-11(6-18-19(10)8-14(15,16)17)12(21)20-7-13(4-2-3-5-13)9-24(20,22)23/h6H,2-5,7-9H2,1H3. The van der Waals surface area contributed by atoms with Crippen molar-refractivity contribution >= 4 is 15.9 Å². The van der Waals surface area contributed by atoms with Crippen molar-refractivity contribution in [2.24, 2.45) is 5.41 Å². The highest BCUT2D eigenvalue weighted by Crippen LogP contribution is 2.45. The van der Waals surface area contributed by atoms with E-state index >= 15 is 0 Å². The molecule has 2 heterocycles. The molecule has 1 aliphatic heterocycles. The van der Waals surface area contributed by atoms with E-state index in [9.17, 15) is 26.4 Å². The molecule has 1 aromatic rings. The third kappa shape index (κ3) is 3.03. The zero-order chi connectivity index (χ0) is 17.8. The summed E-state index contributed by atoms with van der Waals surface area (Å²) in [6.07, 6.45) is -0.0892. The molecule has 24 heavy (non-hydrogen) atoms. The van der Waals surface area contributed by atoms with Gasteiger partial charge < -0.3 is 0 Å². The Kier molecular flexibility index (Phi) is 3.93. The Hall–Kier alpha value is -1.58. The van der Waals surface area contributed by atoms with Crippen molar-refractivity contribution in [2.45, 2.75) is 45.3 Å². The summed E-state index contributed by atoms with van der Waals surface area (Å²) in [5, 5.41) is 3.58. The van der Waals surface area contributed by atoms with Gasteiger partial charge in [0, 0.05) is 17.7 Å². The fraction of sp³-hybridized carbons (Fsp3) is 0.714. The minimum atomic E-state index is -4.47. The highest BCUT2D eigenvalue weighted by atomic mass is 32.2. The molecule has 0 aromatic carbocycles. The fourth-order valence-electron chi connectivity index (χ4n) is 3.66. The molecule has 134 valence electrons. The van der Waals surface area contributed by atoms with E-state index in [1.165, 1.54) is 6.92 Å². The van der Waals surface area contributed by atoms with Gasteiger partial charge in [-0.15, -0.1) is 0 Å². The molecule has 1 saturated heterocycles. The van der Waals surface area contributed by atoms with E-state index < -0.39 is 34.1 Å². The molecule has 1 aliphatic carbocycles. The smallest absolute Gasteiger partial charge is 0.268 e. The lowest BCUT2D eigenvalue weighted by Gasteiger charge is -2.20. The molecule has 1 saturated carbocycles. The van der Waals surface area contributed by atoms with Crippen LogP contribution in [0.1, 0.15) is 41.7 Å². The molecule has 1 aromatic heterocycles. The van der Waals surface area contributed by atoms with Gasteiger partial charge in [0.25, 0.3) is 5.91 Å². The number of nitrogens with zero attached hydrogens (tertiary/aromatic N) is 3. The van der Waals surface area contributed by atoms with Crippen LogP contribution in [-0.4, -0.2) is 46.9 Å². The average molecular weight is 365 g/mol. The van der Waals surface area contributed by atoms with E-state index in [1.54, 1.807) is 0 Å². The number of hydrogen-bond acceptors (Lipinski definition) is 4. The molecule has 2 fully saturated rings. The lowest BCUT2D eigenvalue weighted by molar-refractivity contribution is -0.142. The molecule has 1 spiro atoms. The van der Waals surface area contributed by atoms with Crippen LogP contribution in [0, 0.1) is 12.3 Å². The molecule has 0 unspecified atom stereocenters. The van der Waals surface area contributed by atoms with Gasteiger partial charge in [-0.25, -0.2) is 12.7 Å². The predicted octanol–water partition coefficient (Wildman–Crippen LogP) is 2.10. The van der Waals surface area contributed by atoms with Crippen LogP contribution in [-0.2, 0) is 16.6 Å². The van der Waals surface area contributed by atoms with Crippen LogP contribution in [0.4, 0.5) is 13.2 Å². The number of sulfonamides is 1. The number of alkyl halides is 3. The number of amides is 1. The highest BCUT2D eigenvalue weighted by Gasteiger charge is 2.51. The van der Waals surface area contributed by atoms with E-state index in [0.29, 0.717) is 4.68 Å². The summed E-state index contributed by atoms with van der Waals surface area (Å²) >= 11 is 0. The molecular formula is C14H18F3N3O3S. The Morgan fingerprint density at radius 2 is 1.96 bits per heavy atom. The summed E-state index contributed by atoms with van der Waals surface area (Å²) in [4.78, 5) is 12.6. The molecule has 0 radical (unpaired) electrons. The van der Waals surface area contributed by atoms with Gasteiger partial charge in [-0.3, -0.25) is 9.48 Å². The van der Waals surface area contributed by atoms with Crippen LogP contribution in [0.5, 0.6) is 0 Å². The summed E-state index contributed by atoms with van der Waals surface area (Å²) < 4.78 is 63.8. The Bertz CT molecular complexity index is 764. The second-order valence-corrected chi connectivity index (χ2v) is 8.58. The van der Waals surface area contributed by atoms with Crippen LogP contribution in [0.3, 0.4) is 0 Å². The van der Waals surface area contributed by atoms with Crippen molar-refractivity contribution in [3.63, 3.8) is 0 Å². The maximum Gasteiger partial charge on any atom is 0.408 e. The Morgan fingerprint density at radius 1 is 1.33 bits per heavy atom. The third-order valence-electron chi connectivity index (χ3n) is 4.86. The summed E-state index contributed by atoms with van der Waals surface area (Å²) in [6, 6.07) is 0. The predicted molar refractivity (Wildman–Crippen MR) is 78.7 cm³/mol. The Labute approximate surface area is 137 Å². The maximum atomic E-state index is 12.6. The van der Waals surface area contributed by atoms with Gasteiger partial charge in [0.1, 0.15) is 6.54 Å². The van der Waals surface area contributed by atoms with Crippen LogP contribution in [0.25, 0.3) is 0 Å². The number of rotatable bonds is 2. The van der Waals surface area contributed by atoms with Gasteiger partial charge in [-0.05, 0) is 19.8 Å². The Morgan fingerprint density at radius 3 is 2.54 bits per heavy atom. The number of hydrogen-bond donors (Lipinski definition) is 0. The largest absolute Gasteiger partial charge is 0.408 e. The minimum absolute atomic E-state index is 0.0138. The zero-order valence-electron chi connectivity index (χ0n) is 13.1. The topological polar surface area (TPSA) is 72.3 Å². The van der Waals surface area contributed by atoms with E-state index in [1.807, 2.05) is 0 Å². The molecule has 6 nitrogen and oxygen atoms in total. The second kappa shape index (κ2) is 5.47. The first-order chi connectivity index (χ1) is 11.0. The van der Waals surface area contributed by atoms with Crippen LogP contribution >= 0.6 is 0 Å². The molecule has 1 amide bonds. The first-order valence-corrected chi connectivity index (χ1v) is 9.28. The van der Waals surface area contributed by atoms with E-state index in [0.717, 1.165) is 36.2 Å². The van der Waals surface area contributed by atoms with E-state index in [2.05, 4.69) is 5.10 Å². The quantitative estimate of drug-likeness (QED) is 0.805. The first kappa shape index (κ1) is 17.2. The maximum absolute atomic E-state index is 12.6. The molecule has 0 bridgehead atoms. The summed E-state index contributed by atoms with van der Waals surface area (Å²) in [7, 11) is -3.74. The molecule has 0 atom stereocenters. The number of carbonyl (C=O) groups is 1. The van der Waals surface area contributed by atoms with E-state index in [-0.39, 0.29) is 23.6 Å². The summed E-state index contributed by atoms with van der Waals surface area (Å²) in [6.45, 7) is 0.126. The lowest BCUT2D eigenvalue weighted by Crippen LogP contribution is -2.34. The van der Waals surface area contributed by atoms with Gasteiger partial charge in [-0.1, -0.05) is 12.8 Å². The van der Waals surface area contributed by atoms with Crippen LogP contribution < -0.4 is 0 Å². The number of carbonyl (C=O) groups excluding carboxylic acids is 1. The molecule has 10 heteroatoms. The van der Waals surface area contributed by atoms with Crippen molar-refractivity contribution in [1.82, 2.24) is 14.1 Å². The van der Waals surface area contributed by atoms with Crippen molar-refractivity contribution in [3.8, 4) is 0 Å². The lowest BCUT2D eigenvalue weighted by atomic mass is 9.88. The van der Waals surface area contributed by atoms with E-state index in [4.69, 9.17) is 0 Å². The minimum Gasteiger partial charge on any atom is -0.268 e. The molecule has 3 rings (SSSR count). The van der Waals surface area contributed by atoms with Crippen molar-refractivity contribution < 1.29 is 26.4 Å². The molecule has 0 N–H and O–H groups in total. The third-order valence-corrected chi connectivity index (χ3v) is 6.80. The SMILES string of the molecule is Cc1c(C(=O)N2CC3(CCCC3)CS2(=O)=O)cnn1CC(F)(F)F. The van der Waals surface area contributed by atoms with Crippen LogP contribution in [0.15, 0.2) is 6.20 Å². The van der Waals surface area contributed by atoms with Gasteiger partial charge in [0.05, 0.1) is 17.5 Å². The molecule has 2 aliphatic rings. The average Bonchev–Trinajstić information content (AvgIpc) is 3.09. The monoisotopic (exact) mass is 365 g/mol.